The third-order valence-corrected chi connectivity index (χ3v) is 24.8. The molecule has 0 aromatic carbocycles. The molecule has 2 radical (unpaired) electrons. The zero-order valence-corrected chi connectivity index (χ0v) is 88.8. The molecule has 0 saturated carbocycles. The SMILES string of the molecule is CCCCCCCCCc1ccnc(-c2cc(CCCCCCCCC)ccn2)c1.CCCCCCCCCc1ccnc(-c2cc(CCCCCCCCC)ccn2)c1.CCCCCCCCCc1ccnc(-c2cc(CCCCCCCCC)ccn2)c1.COc1ccnc(-c2cc(CO)ccn2)c1.COc1ccnc(-c2cc(CO)ccn2)c1.COc1ccnc(-c2cc(OC)ccn2)c1.[Co].[Co]. The van der Waals surface area contributed by atoms with Gasteiger partial charge in [-0.05, 0) is 243 Å². The van der Waals surface area contributed by atoms with Crippen LogP contribution in [0.15, 0.2) is 220 Å². The Labute approximate surface area is 863 Å². The number of aromatic nitrogens is 12. The molecule has 0 amide bonds. The second-order valence-electron chi connectivity index (χ2n) is 36.3. The molecule has 0 unspecified atom stereocenters. The molecule has 12 rings (SSSR count). The summed E-state index contributed by atoms with van der Waals surface area (Å²) in [5.41, 5.74) is 20.6. The fourth-order valence-corrected chi connectivity index (χ4v) is 16.5. The van der Waals surface area contributed by atoms with E-state index in [1.807, 2.05) is 73.6 Å². The fourth-order valence-electron chi connectivity index (χ4n) is 16.5. The summed E-state index contributed by atoms with van der Waals surface area (Å²) in [5, 5.41) is 18.1. The first-order valence-electron chi connectivity index (χ1n) is 52.8. The van der Waals surface area contributed by atoms with Gasteiger partial charge in [-0.2, -0.15) is 0 Å². The van der Waals surface area contributed by atoms with Gasteiger partial charge >= 0.3 is 0 Å². The van der Waals surface area contributed by atoms with Crippen molar-refractivity contribution >= 4 is 0 Å². The van der Waals surface area contributed by atoms with Crippen LogP contribution in [0.2, 0.25) is 0 Å². The summed E-state index contributed by atoms with van der Waals surface area (Å²) < 4.78 is 20.5. The molecule has 12 aromatic heterocycles. The Bertz CT molecular complexity index is 4330. The minimum atomic E-state index is -0.000507. The van der Waals surface area contributed by atoms with E-state index in [-0.39, 0.29) is 46.8 Å². The number of aryl methyl sites for hydroxylation is 6. The van der Waals surface area contributed by atoms with Crippen LogP contribution in [0.1, 0.15) is 356 Å². The molecule has 0 aliphatic heterocycles. The van der Waals surface area contributed by atoms with Gasteiger partial charge in [-0.15, -0.1) is 0 Å². The molecule has 2 N–H and O–H groups in total. The van der Waals surface area contributed by atoms with Gasteiger partial charge in [0.05, 0.1) is 110 Å². The van der Waals surface area contributed by atoms with Crippen molar-refractivity contribution in [2.75, 3.05) is 28.4 Å². The third kappa shape index (κ3) is 51.6. The van der Waals surface area contributed by atoms with E-state index in [0.29, 0.717) is 0 Å². The van der Waals surface area contributed by atoms with Gasteiger partial charge in [-0.25, -0.2) is 0 Å². The van der Waals surface area contributed by atoms with Gasteiger partial charge in [-0.1, -0.05) is 273 Å². The predicted octanol–water partition coefficient (Wildman–Crippen LogP) is 31.6. The topological polar surface area (TPSA) is 232 Å². The molecule has 0 bridgehead atoms. The molecule has 0 atom stereocenters. The summed E-state index contributed by atoms with van der Waals surface area (Å²) in [5.74, 6) is 2.99. The monoisotopic (exact) mass is 1990 g/mol. The van der Waals surface area contributed by atoms with Crippen molar-refractivity contribution in [3.8, 4) is 91.3 Å². The third-order valence-electron chi connectivity index (χ3n) is 24.8. The van der Waals surface area contributed by atoms with Crippen LogP contribution >= 0.6 is 0 Å². The van der Waals surface area contributed by atoms with E-state index in [4.69, 9.17) is 29.2 Å². The minimum absolute atomic E-state index is 0. The average Bonchev–Trinajstić information content (AvgIpc) is 0.825. The summed E-state index contributed by atoms with van der Waals surface area (Å²) in [6, 6.07) is 48.1. The average molecular weight is 1990 g/mol. The summed E-state index contributed by atoms with van der Waals surface area (Å²) in [6.07, 6.45) is 85.7. The van der Waals surface area contributed by atoms with Gasteiger partial charge in [0.1, 0.15) is 23.0 Å². The fraction of sp³-hybridized carbons (Fsp3) is 0.500. The molecule has 20 heteroatoms. The maximum absolute atomic E-state index is 9.04. The van der Waals surface area contributed by atoms with Gasteiger partial charge in [0.15, 0.2) is 0 Å². The summed E-state index contributed by atoms with van der Waals surface area (Å²) in [4.78, 5) is 52.9. The molecule has 0 aliphatic rings. The summed E-state index contributed by atoms with van der Waals surface area (Å²) >= 11 is 0. The molecule has 140 heavy (non-hydrogen) atoms. The number of unbranched alkanes of at least 4 members (excludes halogenated alkanes) is 36. The van der Waals surface area contributed by atoms with Gasteiger partial charge in [0, 0.05) is 132 Å². The molecule has 0 fully saturated rings. The summed E-state index contributed by atoms with van der Waals surface area (Å²) in [7, 11) is 6.46. The second-order valence-corrected chi connectivity index (χ2v) is 36.3. The second kappa shape index (κ2) is 78.5. The van der Waals surface area contributed by atoms with Crippen LogP contribution < -0.4 is 18.9 Å². The van der Waals surface area contributed by atoms with E-state index in [0.717, 1.165) is 141 Å². The molecule has 0 saturated heterocycles. The Morgan fingerprint density at radius 2 is 0.286 bits per heavy atom. The van der Waals surface area contributed by atoms with Crippen molar-refractivity contribution in [2.45, 2.75) is 363 Å². The Morgan fingerprint density at radius 3 is 0.429 bits per heavy atom. The van der Waals surface area contributed by atoms with Crippen LogP contribution in [0.3, 0.4) is 0 Å². The van der Waals surface area contributed by atoms with Crippen LogP contribution in [0.5, 0.6) is 23.0 Å². The Hall–Kier alpha value is -10.1. The van der Waals surface area contributed by atoms with Crippen LogP contribution in [-0.4, -0.2) is 98.5 Å². The van der Waals surface area contributed by atoms with Gasteiger partial charge in [-0.3, -0.25) is 59.8 Å². The largest absolute Gasteiger partial charge is 0.497 e. The number of ether oxygens (including phenoxy) is 4. The van der Waals surface area contributed by atoms with Crippen molar-refractivity contribution in [3.05, 3.63) is 264 Å². The molecule has 762 valence electrons. The number of hydrogen-bond acceptors (Lipinski definition) is 18. The van der Waals surface area contributed by atoms with Crippen molar-refractivity contribution in [1.82, 2.24) is 59.8 Å². The molecular formula is C120H168Co2N12O6. The van der Waals surface area contributed by atoms with Crippen molar-refractivity contribution in [2.24, 2.45) is 0 Å². The Balaban J connectivity index is 0.000000302. The molecule has 18 nitrogen and oxygen atoms in total. The number of aliphatic hydroxyl groups is 2. The normalized spacial score (nSPS) is 10.6. The zero-order valence-electron chi connectivity index (χ0n) is 86.7. The predicted molar refractivity (Wildman–Crippen MR) is 573 cm³/mol. The van der Waals surface area contributed by atoms with Crippen molar-refractivity contribution in [3.63, 3.8) is 0 Å². The zero-order chi connectivity index (χ0) is 98.0. The van der Waals surface area contributed by atoms with Crippen molar-refractivity contribution in [1.29, 1.82) is 0 Å². The smallest absolute Gasteiger partial charge is 0.122 e. The van der Waals surface area contributed by atoms with Gasteiger partial charge in [0.25, 0.3) is 0 Å². The molecular weight excluding hydrogens is 1820 g/mol. The number of nitrogens with zero attached hydrogens (tertiary/aromatic N) is 12. The van der Waals surface area contributed by atoms with E-state index in [1.165, 1.54) is 303 Å². The standard InChI is InChI=1S/3C28H44N2.3C12H12N2O2.2Co/c3*1-3-5-7-9-11-13-15-17-25-19-21-29-27(23-25)28-24-26(20-22-30-28)18-16-14-12-10-8-6-4-2;1-15-9-3-5-13-11(7-9)12-8-10(16-2)4-6-14-12;2*1-16-10-3-5-14-12(7-10)11-6-9(8-15)2-4-13-11;;/h3*19-24H,3-18H2,1-2H3;3-8H,1-2H3;2*2-7,15H,8H2,1H3;;. The van der Waals surface area contributed by atoms with E-state index in [9.17, 15) is 0 Å². The van der Waals surface area contributed by atoms with Gasteiger partial charge < -0.3 is 29.2 Å². The Morgan fingerprint density at radius 1 is 0.164 bits per heavy atom. The number of hydrogen-bond donors (Lipinski definition) is 2. The van der Waals surface area contributed by atoms with E-state index >= 15 is 0 Å². The van der Waals surface area contributed by atoms with Crippen LogP contribution in [0, 0.1) is 0 Å². The molecule has 12 aromatic rings. The quantitative estimate of drug-likeness (QED) is 0.0337. The first-order valence-corrected chi connectivity index (χ1v) is 52.8. The maximum Gasteiger partial charge on any atom is 0.122 e. The van der Waals surface area contributed by atoms with Crippen LogP contribution in [-0.2, 0) is 85.3 Å². The maximum atomic E-state index is 9.04. The number of methoxy groups -OCH3 is 4. The molecule has 0 aliphatic carbocycles. The van der Waals surface area contributed by atoms with E-state index in [2.05, 4.69) is 174 Å². The number of rotatable bonds is 60. The van der Waals surface area contributed by atoms with E-state index < -0.39 is 0 Å². The van der Waals surface area contributed by atoms with E-state index in [1.54, 1.807) is 102 Å². The molecule has 0 spiro atoms. The minimum Gasteiger partial charge on any atom is -0.497 e. The molecule has 12 heterocycles. The number of aliphatic hydroxyl groups excluding tert-OH is 2. The Kier molecular flexibility index (Phi) is 67.5. The van der Waals surface area contributed by atoms with Crippen LogP contribution in [0.25, 0.3) is 68.3 Å². The first kappa shape index (κ1) is 120. The van der Waals surface area contributed by atoms with Gasteiger partial charge in [0.2, 0.25) is 0 Å². The summed E-state index contributed by atoms with van der Waals surface area (Å²) in [6.45, 7) is 13.7. The number of pyridine rings is 12. The van der Waals surface area contributed by atoms with Crippen LogP contribution in [0.4, 0.5) is 0 Å². The van der Waals surface area contributed by atoms with Crippen molar-refractivity contribution < 1.29 is 62.7 Å². The first-order chi connectivity index (χ1) is 68.0.